The van der Waals surface area contributed by atoms with Gasteiger partial charge in [0, 0.05) is 7.05 Å². The first-order valence-corrected chi connectivity index (χ1v) is 7.57. The minimum atomic E-state index is -0.689. The zero-order chi connectivity index (χ0) is 17.6. The average Bonchev–Trinajstić information content (AvgIpc) is 3.03. The van der Waals surface area contributed by atoms with Crippen molar-refractivity contribution < 1.29 is 8.78 Å². The quantitative estimate of drug-likeness (QED) is 0.622. The van der Waals surface area contributed by atoms with Crippen LogP contribution in [0.25, 0.3) is 16.7 Å². The molecule has 2 heterocycles. The second-order valence-electron chi connectivity index (χ2n) is 5.58. The predicted molar refractivity (Wildman–Crippen MR) is 89.4 cm³/mol. The van der Waals surface area contributed by atoms with E-state index in [1.807, 2.05) is 0 Å². The fourth-order valence-corrected chi connectivity index (χ4v) is 2.84. The van der Waals surface area contributed by atoms with Gasteiger partial charge in [0.1, 0.15) is 17.3 Å². The Morgan fingerprint density at radius 1 is 1.04 bits per heavy atom. The molecule has 0 saturated heterocycles. The van der Waals surface area contributed by atoms with E-state index < -0.39 is 11.6 Å². The second-order valence-corrected chi connectivity index (χ2v) is 5.58. The molecule has 0 fully saturated rings. The molecule has 126 valence electrons. The summed E-state index contributed by atoms with van der Waals surface area (Å²) >= 11 is 0. The minimum absolute atomic E-state index is 0.0429. The van der Waals surface area contributed by atoms with Crippen LogP contribution in [0.2, 0.25) is 0 Å². The van der Waals surface area contributed by atoms with Crippen molar-refractivity contribution in [1.29, 1.82) is 0 Å². The number of fused-ring (bicyclic) bond motifs is 3. The molecule has 0 aliphatic rings. The largest absolute Gasteiger partial charge is 0.373 e. The Hall–Kier alpha value is -3.29. The Morgan fingerprint density at radius 3 is 2.52 bits per heavy atom. The van der Waals surface area contributed by atoms with Gasteiger partial charge in [-0.15, -0.1) is 10.2 Å². The van der Waals surface area contributed by atoms with Crippen LogP contribution in [0.5, 0.6) is 0 Å². The average molecular weight is 341 g/mol. The molecular formula is C17H13F2N5O. The first-order chi connectivity index (χ1) is 12.1. The number of aromatic nitrogens is 4. The lowest BCUT2D eigenvalue weighted by molar-refractivity contribution is 0.587. The zero-order valence-corrected chi connectivity index (χ0v) is 13.2. The number of hydrogen-bond donors (Lipinski definition) is 1. The highest BCUT2D eigenvalue weighted by atomic mass is 19.1. The molecule has 0 radical (unpaired) electrons. The summed E-state index contributed by atoms with van der Waals surface area (Å²) in [7, 11) is 1.60. The Labute approximate surface area is 140 Å². The molecule has 0 spiro atoms. The van der Waals surface area contributed by atoms with Crippen molar-refractivity contribution in [2.24, 2.45) is 7.05 Å². The van der Waals surface area contributed by atoms with Gasteiger partial charge in [0.05, 0.1) is 17.4 Å². The van der Waals surface area contributed by atoms with Gasteiger partial charge < -0.3 is 5.32 Å². The van der Waals surface area contributed by atoms with E-state index in [1.165, 1.54) is 22.8 Å². The Kier molecular flexibility index (Phi) is 3.45. The van der Waals surface area contributed by atoms with E-state index in [9.17, 15) is 13.6 Å². The van der Waals surface area contributed by atoms with Gasteiger partial charge in [-0.3, -0.25) is 13.8 Å². The van der Waals surface area contributed by atoms with E-state index in [0.29, 0.717) is 22.5 Å². The van der Waals surface area contributed by atoms with Crippen LogP contribution in [0.3, 0.4) is 0 Å². The highest BCUT2D eigenvalue weighted by Crippen LogP contribution is 2.19. The SMILES string of the molecule is Cn1c(=O)c2ccccc2n2c(CNc3c(F)cccc3F)nnc12. The topological polar surface area (TPSA) is 64.2 Å². The lowest BCUT2D eigenvalue weighted by atomic mass is 10.2. The Bertz CT molecular complexity index is 1140. The molecule has 2 aromatic carbocycles. The first kappa shape index (κ1) is 15.3. The van der Waals surface area contributed by atoms with Gasteiger partial charge >= 0.3 is 0 Å². The van der Waals surface area contributed by atoms with Crippen LogP contribution in [0.1, 0.15) is 5.82 Å². The monoisotopic (exact) mass is 341 g/mol. The summed E-state index contributed by atoms with van der Waals surface area (Å²) in [5, 5.41) is 11.3. The van der Waals surface area contributed by atoms with Crippen molar-refractivity contribution in [2.75, 3.05) is 5.32 Å². The van der Waals surface area contributed by atoms with Gasteiger partial charge in [-0.1, -0.05) is 18.2 Å². The summed E-state index contributed by atoms with van der Waals surface area (Å²) in [4.78, 5) is 12.4. The number of halogens is 2. The standard InChI is InChI=1S/C17H13F2N5O/c1-23-16(25)10-5-2-3-8-13(10)24-14(21-22-17(23)24)9-20-15-11(18)6-4-7-12(15)19/h2-8,20H,9H2,1H3. The summed E-state index contributed by atoms with van der Waals surface area (Å²) in [5.41, 5.74) is 0.222. The number of anilines is 1. The number of hydrogen-bond acceptors (Lipinski definition) is 4. The van der Waals surface area contributed by atoms with E-state index >= 15 is 0 Å². The molecular weight excluding hydrogens is 328 g/mol. The third-order valence-corrected chi connectivity index (χ3v) is 4.08. The smallest absolute Gasteiger partial charge is 0.262 e. The number of para-hydroxylation sites is 2. The van der Waals surface area contributed by atoms with Gasteiger partial charge in [0.15, 0.2) is 5.82 Å². The fraction of sp³-hybridized carbons (Fsp3) is 0.118. The van der Waals surface area contributed by atoms with Crippen molar-refractivity contribution in [3.63, 3.8) is 0 Å². The molecule has 1 N–H and O–H groups in total. The molecule has 25 heavy (non-hydrogen) atoms. The molecule has 0 amide bonds. The van der Waals surface area contributed by atoms with Crippen LogP contribution in [0, 0.1) is 11.6 Å². The fourth-order valence-electron chi connectivity index (χ4n) is 2.84. The zero-order valence-electron chi connectivity index (χ0n) is 13.2. The van der Waals surface area contributed by atoms with Crippen molar-refractivity contribution in [3.8, 4) is 0 Å². The summed E-state index contributed by atoms with van der Waals surface area (Å²) in [5.74, 6) is -0.587. The van der Waals surface area contributed by atoms with Gasteiger partial charge in [0.2, 0.25) is 5.78 Å². The lowest BCUT2D eigenvalue weighted by Crippen LogP contribution is -2.20. The van der Waals surface area contributed by atoms with Crippen molar-refractivity contribution in [3.05, 3.63) is 70.3 Å². The first-order valence-electron chi connectivity index (χ1n) is 7.57. The van der Waals surface area contributed by atoms with Crippen LogP contribution >= 0.6 is 0 Å². The van der Waals surface area contributed by atoms with Gasteiger partial charge in [-0.2, -0.15) is 0 Å². The number of aryl methyl sites for hydroxylation is 1. The summed E-state index contributed by atoms with van der Waals surface area (Å²) < 4.78 is 30.6. The number of nitrogens with zero attached hydrogens (tertiary/aromatic N) is 4. The minimum Gasteiger partial charge on any atom is -0.373 e. The van der Waals surface area contributed by atoms with Crippen LogP contribution in [0.15, 0.2) is 47.3 Å². The van der Waals surface area contributed by atoms with Crippen molar-refractivity contribution in [2.45, 2.75) is 6.54 Å². The third-order valence-electron chi connectivity index (χ3n) is 4.08. The predicted octanol–water partition coefficient (Wildman–Crippen LogP) is 2.47. The molecule has 4 rings (SSSR count). The Morgan fingerprint density at radius 2 is 1.76 bits per heavy atom. The van der Waals surface area contributed by atoms with Gasteiger partial charge in [-0.05, 0) is 24.3 Å². The second kappa shape index (κ2) is 5.66. The van der Waals surface area contributed by atoms with E-state index in [0.717, 1.165) is 0 Å². The third kappa shape index (κ3) is 2.34. The summed E-state index contributed by atoms with van der Waals surface area (Å²) in [6.45, 7) is 0.0429. The van der Waals surface area contributed by atoms with E-state index in [1.54, 1.807) is 35.7 Å². The Balaban J connectivity index is 1.85. The molecule has 8 heteroatoms. The van der Waals surface area contributed by atoms with Crippen molar-refractivity contribution in [1.82, 2.24) is 19.2 Å². The summed E-state index contributed by atoms with van der Waals surface area (Å²) in [6.07, 6.45) is 0. The molecule has 0 aliphatic heterocycles. The molecule has 4 aromatic rings. The van der Waals surface area contributed by atoms with Crippen LogP contribution in [-0.2, 0) is 13.6 Å². The highest BCUT2D eigenvalue weighted by molar-refractivity contribution is 5.80. The van der Waals surface area contributed by atoms with Crippen molar-refractivity contribution >= 4 is 22.4 Å². The molecule has 0 unspecified atom stereocenters. The summed E-state index contributed by atoms with van der Waals surface area (Å²) in [6, 6.07) is 10.7. The molecule has 0 atom stereocenters. The van der Waals surface area contributed by atoms with Crippen LogP contribution in [0.4, 0.5) is 14.5 Å². The molecule has 0 saturated carbocycles. The van der Waals surface area contributed by atoms with Gasteiger partial charge in [-0.25, -0.2) is 8.78 Å². The normalized spacial score (nSPS) is 11.3. The van der Waals surface area contributed by atoms with E-state index in [-0.39, 0.29) is 17.8 Å². The number of nitrogens with one attached hydrogen (secondary N) is 1. The lowest BCUT2D eigenvalue weighted by Gasteiger charge is -2.10. The maximum atomic E-state index is 13.8. The maximum Gasteiger partial charge on any atom is 0.262 e. The number of rotatable bonds is 3. The van der Waals surface area contributed by atoms with Crippen LogP contribution in [-0.4, -0.2) is 19.2 Å². The molecule has 2 aromatic heterocycles. The highest BCUT2D eigenvalue weighted by Gasteiger charge is 2.15. The van der Waals surface area contributed by atoms with Gasteiger partial charge in [0.25, 0.3) is 5.56 Å². The maximum absolute atomic E-state index is 13.8. The molecule has 0 bridgehead atoms. The van der Waals surface area contributed by atoms with E-state index in [2.05, 4.69) is 15.5 Å². The number of benzene rings is 2. The molecule has 6 nitrogen and oxygen atoms in total. The van der Waals surface area contributed by atoms with Crippen LogP contribution < -0.4 is 10.9 Å². The molecule has 0 aliphatic carbocycles. The van der Waals surface area contributed by atoms with E-state index in [4.69, 9.17) is 0 Å².